The molecule has 0 unspecified atom stereocenters. The molecule has 0 spiro atoms. The van der Waals surface area contributed by atoms with Crippen molar-refractivity contribution in [3.63, 3.8) is 0 Å². The van der Waals surface area contributed by atoms with E-state index in [0.29, 0.717) is 11.5 Å². The predicted molar refractivity (Wildman–Crippen MR) is 42.6 cm³/mol. The maximum atomic E-state index is 5.41. The van der Waals surface area contributed by atoms with Gasteiger partial charge in [-0.2, -0.15) is 15.1 Å². The summed E-state index contributed by atoms with van der Waals surface area (Å²) in [6.07, 6.45) is 1.59. The average molecular weight is 165 g/mol. The number of rotatable bonds is 1. The fourth-order valence-electron chi connectivity index (χ4n) is 0.980. The van der Waals surface area contributed by atoms with Gasteiger partial charge in [0.05, 0.1) is 13.3 Å². The molecule has 0 aliphatic heterocycles. The summed E-state index contributed by atoms with van der Waals surface area (Å²) in [6, 6.07) is 0. The summed E-state index contributed by atoms with van der Waals surface area (Å²) in [5.74, 6) is 0.606. The van der Waals surface area contributed by atoms with Crippen LogP contribution in [0.5, 0.6) is 5.88 Å². The third kappa shape index (κ3) is 0.849. The maximum Gasteiger partial charge on any atom is 0.229 e. The molecule has 0 amide bonds. The molecule has 0 aliphatic rings. The van der Waals surface area contributed by atoms with E-state index in [1.54, 1.807) is 6.20 Å². The lowest BCUT2D eigenvalue weighted by atomic mass is 10.4. The van der Waals surface area contributed by atoms with Crippen molar-refractivity contribution in [2.24, 2.45) is 0 Å². The number of H-pyrrole nitrogens is 1. The van der Waals surface area contributed by atoms with E-state index in [-0.39, 0.29) is 5.95 Å². The van der Waals surface area contributed by atoms with Gasteiger partial charge in [0, 0.05) is 0 Å². The van der Waals surface area contributed by atoms with Gasteiger partial charge in [-0.05, 0) is 0 Å². The third-order valence-corrected chi connectivity index (χ3v) is 1.49. The number of nitrogen functional groups attached to an aromatic ring is 1. The first kappa shape index (κ1) is 6.84. The van der Waals surface area contributed by atoms with Gasteiger partial charge in [-0.15, -0.1) is 0 Å². The van der Waals surface area contributed by atoms with Crippen molar-refractivity contribution in [3.8, 4) is 5.88 Å². The van der Waals surface area contributed by atoms with Crippen LogP contribution in [0.2, 0.25) is 0 Å². The molecule has 6 heteroatoms. The summed E-state index contributed by atoms with van der Waals surface area (Å²) in [5, 5.41) is 7.19. The van der Waals surface area contributed by atoms with Crippen molar-refractivity contribution in [1.82, 2.24) is 20.2 Å². The monoisotopic (exact) mass is 165 g/mol. The topological polar surface area (TPSA) is 89.7 Å². The van der Waals surface area contributed by atoms with E-state index >= 15 is 0 Å². The van der Waals surface area contributed by atoms with E-state index in [0.717, 1.165) is 5.39 Å². The summed E-state index contributed by atoms with van der Waals surface area (Å²) in [5.41, 5.74) is 5.99. The van der Waals surface area contributed by atoms with Crippen LogP contribution in [0.15, 0.2) is 6.20 Å². The third-order valence-electron chi connectivity index (χ3n) is 1.49. The fourth-order valence-corrected chi connectivity index (χ4v) is 0.980. The second-order valence-corrected chi connectivity index (χ2v) is 2.22. The first-order chi connectivity index (χ1) is 5.81. The number of aromatic nitrogens is 4. The van der Waals surface area contributed by atoms with Gasteiger partial charge in [-0.3, -0.25) is 5.10 Å². The summed E-state index contributed by atoms with van der Waals surface area (Å²) in [7, 11) is 1.52. The molecule has 6 nitrogen and oxygen atoms in total. The summed E-state index contributed by atoms with van der Waals surface area (Å²) in [6.45, 7) is 0. The van der Waals surface area contributed by atoms with Crippen molar-refractivity contribution in [2.45, 2.75) is 0 Å². The lowest BCUT2D eigenvalue weighted by Gasteiger charge is -1.99. The fraction of sp³-hybridized carbons (Fsp3) is 0.167. The number of anilines is 1. The second-order valence-electron chi connectivity index (χ2n) is 2.22. The number of nitrogens with one attached hydrogen (secondary N) is 1. The van der Waals surface area contributed by atoms with Crippen LogP contribution >= 0.6 is 0 Å². The van der Waals surface area contributed by atoms with Gasteiger partial charge >= 0.3 is 0 Å². The molecule has 2 rings (SSSR count). The van der Waals surface area contributed by atoms with Crippen LogP contribution in [0, 0.1) is 0 Å². The lowest BCUT2D eigenvalue weighted by Crippen LogP contribution is -1.97. The minimum atomic E-state index is 0.170. The maximum absolute atomic E-state index is 5.41. The zero-order chi connectivity index (χ0) is 8.55. The molecule has 0 fully saturated rings. The van der Waals surface area contributed by atoms with Gasteiger partial charge in [-0.25, -0.2) is 0 Å². The highest BCUT2D eigenvalue weighted by Crippen LogP contribution is 2.19. The Labute approximate surface area is 67.8 Å². The predicted octanol–water partition coefficient (Wildman–Crippen LogP) is -0.0563. The number of hydrogen-bond donors (Lipinski definition) is 2. The molecule has 62 valence electrons. The molecular weight excluding hydrogens is 158 g/mol. The quantitative estimate of drug-likeness (QED) is 0.618. The van der Waals surface area contributed by atoms with Crippen molar-refractivity contribution in [2.75, 3.05) is 12.8 Å². The highest BCUT2D eigenvalue weighted by atomic mass is 16.5. The zero-order valence-corrected chi connectivity index (χ0v) is 6.40. The Bertz CT molecular complexity index is 409. The van der Waals surface area contributed by atoms with Crippen LogP contribution in [0.1, 0.15) is 0 Å². The number of hydrogen-bond acceptors (Lipinski definition) is 5. The molecule has 2 heterocycles. The Morgan fingerprint density at radius 2 is 2.33 bits per heavy atom. The zero-order valence-electron chi connectivity index (χ0n) is 6.40. The molecule has 0 saturated heterocycles. The number of methoxy groups -OCH3 is 1. The van der Waals surface area contributed by atoms with E-state index in [1.807, 2.05) is 0 Å². The summed E-state index contributed by atoms with van der Waals surface area (Å²) in [4.78, 5) is 7.79. The molecule has 0 aromatic carbocycles. The van der Waals surface area contributed by atoms with Crippen molar-refractivity contribution < 1.29 is 4.74 Å². The van der Waals surface area contributed by atoms with E-state index in [4.69, 9.17) is 10.5 Å². The van der Waals surface area contributed by atoms with Crippen LogP contribution in [-0.2, 0) is 0 Å². The molecule has 2 aromatic rings. The van der Waals surface area contributed by atoms with Gasteiger partial charge in [-0.1, -0.05) is 0 Å². The van der Waals surface area contributed by atoms with Crippen LogP contribution in [-0.4, -0.2) is 27.3 Å². The lowest BCUT2D eigenvalue weighted by molar-refractivity contribution is 0.403. The van der Waals surface area contributed by atoms with Gasteiger partial charge in [0.2, 0.25) is 11.8 Å². The van der Waals surface area contributed by atoms with Crippen LogP contribution in [0.25, 0.3) is 11.0 Å². The van der Waals surface area contributed by atoms with Crippen molar-refractivity contribution >= 4 is 17.0 Å². The van der Waals surface area contributed by atoms with Gasteiger partial charge in [0.15, 0.2) is 5.65 Å². The first-order valence-corrected chi connectivity index (χ1v) is 3.32. The van der Waals surface area contributed by atoms with Crippen LogP contribution in [0.3, 0.4) is 0 Å². The van der Waals surface area contributed by atoms with Gasteiger partial charge < -0.3 is 10.5 Å². The van der Waals surface area contributed by atoms with Crippen LogP contribution in [0.4, 0.5) is 5.95 Å². The molecule has 0 saturated carbocycles. The van der Waals surface area contributed by atoms with Crippen molar-refractivity contribution in [3.05, 3.63) is 6.20 Å². The molecule has 3 N–H and O–H groups in total. The smallest absolute Gasteiger partial charge is 0.229 e. The number of fused-ring (bicyclic) bond motifs is 1. The molecule has 0 atom stereocenters. The van der Waals surface area contributed by atoms with E-state index in [1.165, 1.54) is 7.11 Å². The Morgan fingerprint density at radius 3 is 3.08 bits per heavy atom. The number of aromatic amines is 1. The molecule has 0 bridgehead atoms. The Hall–Kier alpha value is -1.85. The Kier molecular flexibility index (Phi) is 1.33. The van der Waals surface area contributed by atoms with E-state index in [2.05, 4.69) is 20.2 Å². The van der Waals surface area contributed by atoms with E-state index in [9.17, 15) is 0 Å². The minimum Gasteiger partial charge on any atom is -0.480 e. The largest absolute Gasteiger partial charge is 0.480 e. The normalized spacial score (nSPS) is 10.4. The van der Waals surface area contributed by atoms with E-state index < -0.39 is 0 Å². The Balaban J connectivity index is 2.80. The summed E-state index contributed by atoms with van der Waals surface area (Å²) >= 11 is 0. The summed E-state index contributed by atoms with van der Waals surface area (Å²) < 4.78 is 4.98. The second kappa shape index (κ2) is 2.33. The number of nitrogens with two attached hydrogens (primary N) is 1. The molecule has 12 heavy (non-hydrogen) atoms. The minimum absolute atomic E-state index is 0.170. The average Bonchev–Trinajstić information content (AvgIpc) is 2.50. The molecule has 0 radical (unpaired) electrons. The van der Waals surface area contributed by atoms with Crippen LogP contribution < -0.4 is 10.5 Å². The highest BCUT2D eigenvalue weighted by molar-refractivity contribution is 5.80. The van der Waals surface area contributed by atoms with Gasteiger partial charge in [0.25, 0.3) is 0 Å². The Morgan fingerprint density at radius 1 is 1.50 bits per heavy atom. The molecular formula is C6H7N5O. The first-order valence-electron chi connectivity index (χ1n) is 3.32. The number of ether oxygens (including phenoxy) is 1. The molecule has 2 aromatic heterocycles. The SMILES string of the molecule is COc1nc(N)nc2[nH]ncc12. The highest BCUT2D eigenvalue weighted by Gasteiger charge is 2.06. The number of nitrogens with zero attached hydrogens (tertiary/aromatic N) is 3. The van der Waals surface area contributed by atoms with Gasteiger partial charge in [0.1, 0.15) is 5.39 Å². The standard InChI is InChI=1S/C6H7N5O/c1-12-5-3-2-8-11-4(3)9-6(7)10-5/h2H,1H3,(H3,7,8,9,10,11). The molecule has 0 aliphatic carbocycles. The van der Waals surface area contributed by atoms with Crippen molar-refractivity contribution in [1.29, 1.82) is 0 Å².